The van der Waals surface area contributed by atoms with Crippen LogP contribution in [0.2, 0.25) is 0 Å². The quantitative estimate of drug-likeness (QED) is 0.100. The largest absolute Gasteiger partial charge is 0.507 e. The highest BCUT2D eigenvalue weighted by atomic mass is 16.6. The van der Waals surface area contributed by atoms with Gasteiger partial charge in [-0.25, -0.2) is 4.99 Å². The number of fused-ring (bicyclic) bond motifs is 13. The van der Waals surface area contributed by atoms with Gasteiger partial charge in [0.15, 0.2) is 11.4 Å². The van der Waals surface area contributed by atoms with Crippen LogP contribution in [0.4, 0.5) is 5.69 Å². The fraction of sp³-hybridized carbons (Fsp3) is 0.623. The number of anilines is 1. The minimum Gasteiger partial charge on any atom is -0.507 e. The Morgan fingerprint density at radius 2 is 1.74 bits per heavy atom. The second kappa shape index (κ2) is 20.9. The maximum absolute atomic E-state index is 14.9. The van der Waals surface area contributed by atoms with Crippen molar-refractivity contribution in [2.24, 2.45) is 39.6 Å². The van der Waals surface area contributed by atoms with Gasteiger partial charge in [0.2, 0.25) is 5.78 Å². The summed E-state index contributed by atoms with van der Waals surface area (Å²) in [6, 6.07) is 0. The van der Waals surface area contributed by atoms with Gasteiger partial charge in [0, 0.05) is 73.8 Å². The van der Waals surface area contributed by atoms with Gasteiger partial charge in [-0.15, -0.1) is 0 Å². The molecule has 6 heterocycles. The van der Waals surface area contributed by atoms with Crippen LogP contribution < -0.4 is 20.8 Å². The van der Waals surface area contributed by atoms with Crippen molar-refractivity contribution in [1.82, 2.24) is 9.80 Å². The molecule has 5 bridgehead atoms. The van der Waals surface area contributed by atoms with E-state index >= 15 is 0 Å². The number of aliphatic hydroxyl groups is 1. The standard InChI is InChI=1S/C53H73N5O10/c1-30(2)27-58-23-20-53(21-24-58)55-43-40-41-47(62)35(7)49-42(40)50(64)52(8,68-49)19-12-10-11-18-37(67-39(60)26-38(59)66-29-36-17-14-22-57(9)28-36)34(6)46(61)33(5)25-31(3)15-13-16-32(4)51(65)54-45(48(41)63)44(43)56-53/h10,12-13,15-16,30-31,33-34,36-37,46,55,61-63H,11,14,17-29H2,1-9H3/b12-10+,15-13+,32-16-,54-45?/t31-,33+,34-,36?,37+,46+,52+/m0/s1. The van der Waals surface area contributed by atoms with Gasteiger partial charge in [0.05, 0.1) is 29.3 Å². The number of likely N-dealkylation sites (tertiary alicyclic amines) is 2. The third-order valence-corrected chi connectivity index (χ3v) is 14.7. The number of ketones is 1. The number of phenols is 2. The second-order valence-electron chi connectivity index (χ2n) is 21.1. The van der Waals surface area contributed by atoms with Crippen LogP contribution >= 0.6 is 0 Å². The highest BCUT2D eigenvalue weighted by Crippen LogP contribution is 2.51. The van der Waals surface area contributed by atoms with Gasteiger partial charge in [0.25, 0.3) is 5.91 Å². The van der Waals surface area contributed by atoms with Crippen LogP contribution in [0, 0.1) is 36.5 Å². The van der Waals surface area contributed by atoms with Gasteiger partial charge < -0.3 is 44.6 Å². The number of carbonyl (C=O) groups is 4. The Kier molecular flexibility index (Phi) is 15.6. The molecule has 15 nitrogen and oxygen atoms in total. The number of aromatic hydroxyl groups is 2. The third kappa shape index (κ3) is 10.8. The number of hydrogen-bond acceptors (Lipinski definition) is 14. The Labute approximate surface area is 400 Å². The SMILES string of the molecule is C/C1=C/C=C/[C@H](C)C[C@@H](C)[C@@H](O)[C@@H](C)[C@H](OC(=O)CC(=O)OCC2CCCN(C)C2)CC/C=C/C[C@@]2(C)Oc3c(C)c(O)c4c(O)c(c5c(c4c3C2=O)NC2(CCN(CC(C)C)CC2)N=5)=NC1=O. The van der Waals surface area contributed by atoms with Crippen molar-refractivity contribution in [3.8, 4) is 17.2 Å². The van der Waals surface area contributed by atoms with E-state index in [4.69, 9.17) is 19.2 Å². The van der Waals surface area contributed by atoms with Gasteiger partial charge >= 0.3 is 11.9 Å². The Morgan fingerprint density at radius 3 is 2.44 bits per heavy atom. The summed E-state index contributed by atoms with van der Waals surface area (Å²) in [5.74, 6) is -2.92. The number of allylic oxidation sites excluding steroid dienone is 4. The summed E-state index contributed by atoms with van der Waals surface area (Å²) in [6.45, 7) is 19.6. The van der Waals surface area contributed by atoms with Crippen LogP contribution in [0.25, 0.3) is 10.8 Å². The van der Waals surface area contributed by atoms with Gasteiger partial charge in [0.1, 0.15) is 40.4 Å². The molecule has 0 saturated carbocycles. The molecule has 2 fully saturated rings. The normalized spacial score (nSPS) is 30.0. The zero-order chi connectivity index (χ0) is 49.2. The number of esters is 2. The molecule has 1 amide bonds. The molecule has 0 radical (unpaired) electrons. The number of nitrogens with one attached hydrogen (secondary N) is 1. The molecule has 2 saturated heterocycles. The molecule has 8 rings (SSSR count). The van der Waals surface area contributed by atoms with E-state index in [1.54, 1.807) is 32.9 Å². The van der Waals surface area contributed by atoms with Crippen molar-refractivity contribution in [2.75, 3.05) is 51.7 Å². The third-order valence-electron chi connectivity index (χ3n) is 14.7. The van der Waals surface area contributed by atoms with Crippen LogP contribution in [0.3, 0.4) is 0 Å². The van der Waals surface area contributed by atoms with Crippen LogP contribution in [-0.4, -0.2) is 119 Å². The van der Waals surface area contributed by atoms with E-state index in [2.05, 4.69) is 34.0 Å². The Bertz CT molecular complexity index is 2510. The molecule has 0 aromatic heterocycles. The number of nitrogens with zero attached hydrogens (tertiary/aromatic N) is 4. The fourth-order valence-electron chi connectivity index (χ4n) is 10.8. The summed E-state index contributed by atoms with van der Waals surface area (Å²) in [5.41, 5.74) is -1.05. The maximum atomic E-state index is 14.9. The molecule has 370 valence electrons. The molecule has 0 aliphatic carbocycles. The van der Waals surface area contributed by atoms with Gasteiger partial charge in [-0.2, -0.15) is 0 Å². The highest BCUT2D eigenvalue weighted by Gasteiger charge is 2.48. The van der Waals surface area contributed by atoms with E-state index in [-0.39, 0.29) is 86.3 Å². The summed E-state index contributed by atoms with van der Waals surface area (Å²) in [4.78, 5) is 69.2. The summed E-state index contributed by atoms with van der Waals surface area (Å²) in [5, 5.41) is 39.8. The number of Topliss-reactive ketones (excluding diaryl/α,β-unsaturated/α-hetero) is 1. The Balaban J connectivity index is 1.22. The zero-order valence-electron chi connectivity index (χ0n) is 41.5. The topological polar surface area (TPSA) is 200 Å². The number of amides is 1. The van der Waals surface area contributed by atoms with Crippen LogP contribution in [0.5, 0.6) is 17.2 Å². The van der Waals surface area contributed by atoms with Crippen molar-refractivity contribution < 1.29 is 48.7 Å². The Hall–Kier alpha value is -5.12. The molecule has 7 atom stereocenters. The minimum absolute atomic E-state index is 0.0126. The number of phenolic OH excluding ortho intramolecular Hbond substituents is 2. The highest BCUT2D eigenvalue weighted by molar-refractivity contribution is 6.22. The first kappa shape index (κ1) is 50.7. The minimum atomic E-state index is -1.40. The predicted octanol–water partition coefficient (Wildman–Crippen LogP) is 6.62. The van der Waals surface area contributed by atoms with Crippen LogP contribution in [0.15, 0.2) is 45.9 Å². The number of benzene rings is 2. The van der Waals surface area contributed by atoms with Gasteiger partial charge in [-0.3, -0.25) is 24.2 Å². The lowest BCUT2D eigenvalue weighted by molar-refractivity contribution is -0.162. The molecular weight excluding hydrogens is 867 g/mol. The van der Waals surface area contributed by atoms with Gasteiger partial charge in [-0.05, 0) is 84.2 Å². The van der Waals surface area contributed by atoms with E-state index in [0.717, 1.165) is 45.6 Å². The van der Waals surface area contributed by atoms with E-state index in [0.29, 0.717) is 43.7 Å². The fourth-order valence-corrected chi connectivity index (χ4v) is 10.8. The molecular formula is C53H73N5O10. The lowest BCUT2D eigenvalue weighted by Gasteiger charge is -2.38. The van der Waals surface area contributed by atoms with Crippen LogP contribution in [-0.2, 0) is 23.9 Å². The van der Waals surface area contributed by atoms with Crippen molar-refractivity contribution in [3.05, 3.63) is 57.8 Å². The summed E-state index contributed by atoms with van der Waals surface area (Å²) in [6.07, 6.45) is 11.6. The molecule has 1 spiro atoms. The molecule has 4 N–H and O–H groups in total. The van der Waals surface area contributed by atoms with E-state index in [9.17, 15) is 34.5 Å². The van der Waals surface area contributed by atoms with Gasteiger partial charge in [-0.1, -0.05) is 65.0 Å². The number of aliphatic hydroxyl groups excluding tert-OH is 1. The summed E-state index contributed by atoms with van der Waals surface area (Å²) < 4.78 is 18.0. The van der Waals surface area contributed by atoms with E-state index in [1.807, 2.05) is 46.0 Å². The molecule has 15 heteroatoms. The first-order valence-corrected chi connectivity index (χ1v) is 24.7. The number of ether oxygens (including phenoxy) is 3. The monoisotopic (exact) mass is 940 g/mol. The molecule has 1 unspecified atom stereocenters. The molecule has 6 aliphatic heterocycles. The number of rotatable bonds is 7. The number of hydrogen-bond donors (Lipinski definition) is 4. The maximum Gasteiger partial charge on any atom is 0.317 e. The number of piperidine rings is 2. The van der Waals surface area contributed by atoms with Crippen molar-refractivity contribution in [2.45, 2.75) is 137 Å². The molecule has 68 heavy (non-hydrogen) atoms. The molecule has 2 aromatic rings. The first-order valence-electron chi connectivity index (χ1n) is 24.7. The van der Waals surface area contributed by atoms with Crippen molar-refractivity contribution in [1.29, 1.82) is 0 Å². The molecule has 2 aromatic carbocycles. The summed E-state index contributed by atoms with van der Waals surface area (Å²) >= 11 is 0. The van der Waals surface area contributed by atoms with E-state index < -0.39 is 59.4 Å². The predicted molar refractivity (Wildman–Crippen MR) is 259 cm³/mol. The summed E-state index contributed by atoms with van der Waals surface area (Å²) in [7, 11) is 2.04. The lowest BCUT2D eigenvalue weighted by Crippen LogP contribution is -2.47. The second-order valence-corrected chi connectivity index (χ2v) is 21.1. The average Bonchev–Trinajstić information content (AvgIpc) is 3.78. The average molecular weight is 940 g/mol. The van der Waals surface area contributed by atoms with Crippen molar-refractivity contribution >= 4 is 40.1 Å². The first-order chi connectivity index (χ1) is 32.2. The molecule has 6 aliphatic rings. The van der Waals surface area contributed by atoms with E-state index in [1.165, 1.54) is 0 Å². The van der Waals surface area contributed by atoms with Crippen molar-refractivity contribution in [3.63, 3.8) is 0 Å². The zero-order valence-corrected chi connectivity index (χ0v) is 41.5. The smallest absolute Gasteiger partial charge is 0.317 e. The van der Waals surface area contributed by atoms with Crippen LogP contribution in [0.1, 0.15) is 122 Å². The Morgan fingerprint density at radius 1 is 1.00 bits per heavy atom. The number of carbonyl (C=O) groups excluding carboxylic acids is 4. The lowest BCUT2D eigenvalue weighted by atomic mass is 9.83.